The number of fused-ring (bicyclic) bond motifs is 1. The van der Waals surface area contributed by atoms with Crippen molar-refractivity contribution < 1.29 is 4.39 Å². The second kappa shape index (κ2) is 9.37. The van der Waals surface area contributed by atoms with Gasteiger partial charge < -0.3 is 10.6 Å². The molecule has 4 nitrogen and oxygen atoms in total. The molecule has 2 aliphatic rings. The molecule has 0 radical (unpaired) electrons. The number of halogens is 1. The molecule has 0 aromatic heterocycles. The van der Waals surface area contributed by atoms with E-state index in [1.807, 2.05) is 5.41 Å². The van der Waals surface area contributed by atoms with Crippen molar-refractivity contribution in [3.8, 4) is 0 Å². The number of hydrogen-bond acceptors (Lipinski definition) is 5. The van der Waals surface area contributed by atoms with Crippen LogP contribution in [0.15, 0.2) is 81.4 Å². The van der Waals surface area contributed by atoms with Crippen LogP contribution < -0.4 is 5.73 Å². The average Bonchev–Trinajstić information content (AvgIpc) is 2.72. The van der Waals surface area contributed by atoms with Crippen molar-refractivity contribution in [2.75, 3.05) is 25.9 Å². The number of hydrogen-bond donors (Lipinski definition) is 1. The zero-order valence-electron chi connectivity index (χ0n) is 16.8. The number of likely N-dealkylation sites (tertiary alicyclic amines) is 1. The molecule has 1 aromatic carbocycles. The molecule has 1 heterocycles. The second-order valence-electron chi connectivity index (χ2n) is 7.46. The highest BCUT2D eigenvalue weighted by molar-refractivity contribution is 8.02. The van der Waals surface area contributed by atoms with Gasteiger partial charge in [-0.05, 0) is 74.1 Å². The van der Waals surface area contributed by atoms with Crippen molar-refractivity contribution in [2.45, 2.75) is 12.8 Å². The Morgan fingerprint density at radius 3 is 2.83 bits per heavy atom. The molecule has 1 fully saturated rings. The highest BCUT2D eigenvalue weighted by Gasteiger charge is 2.44. The third-order valence-corrected chi connectivity index (χ3v) is 6.35. The van der Waals surface area contributed by atoms with Crippen molar-refractivity contribution in [1.82, 2.24) is 4.90 Å². The van der Waals surface area contributed by atoms with Crippen LogP contribution in [-0.4, -0.2) is 43.2 Å². The standard InChI is InChI=1S/C23H27FN4S/c1-17(15-29-11-9-26-2)23-13-18(14-25)22(12-19(23)8-10-28(3)16-23)27-21-6-4-20(24)5-7-21/h4-7,9,11-12,14H,1-2,8,10,13,15-16,25H2,3H3/b11-9-,18-14?,27-22?. The van der Waals surface area contributed by atoms with Gasteiger partial charge in [0.25, 0.3) is 0 Å². The smallest absolute Gasteiger partial charge is 0.123 e. The van der Waals surface area contributed by atoms with Crippen LogP contribution in [0.4, 0.5) is 10.1 Å². The normalized spacial score (nSPS) is 25.2. The van der Waals surface area contributed by atoms with Gasteiger partial charge in [0.2, 0.25) is 0 Å². The summed E-state index contributed by atoms with van der Waals surface area (Å²) in [5.74, 6) is 0.536. The molecule has 2 N–H and O–H groups in total. The van der Waals surface area contributed by atoms with E-state index in [-0.39, 0.29) is 11.2 Å². The molecule has 1 saturated heterocycles. The van der Waals surface area contributed by atoms with Crippen LogP contribution in [0.2, 0.25) is 0 Å². The molecular formula is C23H27FN4S. The Balaban J connectivity index is 1.97. The number of thioether (sulfide) groups is 1. The number of nitrogens with two attached hydrogens (primary N) is 1. The first-order chi connectivity index (χ1) is 14.0. The molecule has 3 rings (SSSR count). The molecule has 6 heteroatoms. The van der Waals surface area contributed by atoms with Crippen LogP contribution in [0, 0.1) is 11.2 Å². The fourth-order valence-corrected chi connectivity index (χ4v) is 4.73. The number of benzene rings is 1. The van der Waals surface area contributed by atoms with E-state index in [1.54, 1.807) is 36.3 Å². The van der Waals surface area contributed by atoms with E-state index < -0.39 is 0 Å². The third-order valence-electron chi connectivity index (χ3n) is 5.52. The Bertz CT molecular complexity index is 898. The second-order valence-corrected chi connectivity index (χ2v) is 8.36. The SMILES string of the molecule is C=N/C=C\SCC(=C)C12CC(=CN)C(=Nc3ccc(F)cc3)C=C1CCN(C)C2. The summed E-state index contributed by atoms with van der Waals surface area (Å²) < 4.78 is 13.2. The van der Waals surface area contributed by atoms with Crippen LogP contribution in [0.1, 0.15) is 12.8 Å². The summed E-state index contributed by atoms with van der Waals surface area (Å²) in [4.78, 5) is 10.8. The first-order valence-electron chi connectivity index (χ1n) is 9.54. The summed E-state index contributed by atoms with van der Waals surface area (Å²) >= 11 is 1.67. The maximum Gasteiger partial charge on any atom is 0.123 e. The lowest BCUT2D eigenvalue weighted by Gasteiger charge is -2.48. The summed E-state index contributed by atoms with van der Waals surface area (Å²) in [6.07, 6.45) is 7.23. The quantitative estimate of drug-likeness (QED) is 0.539. The molecule has 0 amide bonds. The molecule has 0 bridgehead atoms. The van der Waals surface area contributed by atoms with Gasteiger partial charge in [-0.15, -0.1) is 11.8 Å². The monoisotopic (exact) mass is 410 g/mol. The third kappa shape index (κ3) is 4.77. The van der Waals surface area contributed by atoms with Gasteiger partial charge in [0, 0.05) is 30.5 Å². The van der Waals surface area contributed by atoms with Crippen LogP contribution in [0.5, 0.6) is 0 Å². The summed E-state index contributed by atoms with van der Waals surface area (Å²) in [6, 6.07) is 6.21. The largest absolute Gasteiger partial charge is 0.404 e. The predicted octanol–water partition coefficient (Wildman–Crippen LogP) is 4.85. The van der Waals surface area contributed by atoms with Gasteiger partial charge >= 0.3 is 0 Å². The molecule has 1 atom stereocenters. The fourth-order valence-electron chi connectivity index (χ4n) is 3.99. The van der Waals surface area contributed by atoms with Crippen LogP contribution in [0.25, 0.3) is 0 Å². The maximum atomic E-state index is 13.2. The van der Waals surface area contributed by atoms with Crippen molar-refractivity contribution in [3.05, 3.63) is 77.3 Å². The number of allylic oxidation sites excluding steroid dienone is 2. The van der Waals surface area contributed by atoms with Gasteiger partial charge in [0.1, 0.15) is 5.82 Å². The van der Waals surface area contributed by atoms with Gasteiger partial charge in [-0.2, -0.15) is 0 Å². The van der Waals surface area contributed by atoms with Gasteiger partial charge in [0.05, 0.1) is 11.4 Å². The van der Waals surface area contributed by atoms with Gasteiger partial charge in [-0.25, -0.2) is 9.38 Å². The van der Waals surface area contributed by atoms with E-state index in [9.17, 15) is 4.39 Å². The number of aliphatic imine (C=N–C) groups is 2. The van der Waals surface area contributed by atoms with E-state index >= 15 is 0 Å². The fraction of sp³-hybridized carbons (Fsp3) is 0.304. The lowest BCUT2D eigenvalue weighted by Crippen LogP contribution is -2.47. The van der Waals surface area contributed by atoms with Crippen molar-refractivity contribution in [1.29, 1.82) is 0 Å². The van der Waals surface area contributed by atoms with Gasteiger partial charge in [-0.3, -0.25) is 4.99 Å². The van der Waals surface area contributed by atoms with Gasteiger partial charge in [0.15, 0.2) is 0 Å². The molecule has 0 saturated carbocycles. The zero-order valence-corrected chi connectivity index (χ0v) is 17.6. The molecule has 0 spiro atoms. The first-order valence-corrected chi connectivity index (χ1v) is 10.6. The lowest BCUT2D eigenvalue weighted by atomic mass is 9.63. The maximum absolute atomic E-state index is 13.2. The van der Waals surface area contributed by atoms with E-state index in [4.69, 9.17) is 10.7 Å². The van der Waals surface area contributed by atoms with Gasteiger partial charge in [-0.1, -0.05) is 17.7 Å². The Hall–Kier alpha value is -2.44. The summed E-state index contributed by atoms with van der Waals surface area (Å²) in [6.45, 7) is 9.83. The molecular weight excluding hydrogens is 383 g/mol. The molecule has 29 heavy (non-hydrogen) atoms. The molecule has 152 valence electrons. The molecule has 1 unspecified atom stereocenters. The van der Waals surface area contributed by atoms with Crippen LogP contribution >= 0.6 is 11.8 Å². The Morgan fingerprint density at radius 2 is 2.14 bits per heavy atom. The van der Waals surface area contributed by atoms with Crippen molar-refractivity contribution in [3.63, 3.8) is 0 Å². The van der Waals surface area contributed by atoms with Crippen molar-refractivity contribution in [2.24, 2.45) is 21.1 Å². The predicted molar refractivity (Wildman–Crippen MR) is 123 cm³/mol. The number of nitrogens with zero attached hydrogens (tertiary/aromatic N) is 3. The topological polar surface area (TPSA) is 54.0 Å². The van der Waals surface area contributed by atoms with E-state index in [2.05, 4.69) is 36.3 Å². The minimum absolute atomic E-state index is 0.150. The lowest BCUT2D eigenvalue weighted by molar-refractivity contribution is 0.197. The molecule has 1 aliphatic carbocycles. The number of piperidine rings is 1. The van der Waals surface area contributed by atoms with Crippen LogP contribution in [0.3, 0.4) is 0 Å². The average molecular weight is 411 g/mol. The highest BCUT2D eigenvalue weighted by atomic mass is 32.2. The Labute approximate surface area is 176 Å². The minimum atomic E-state index is -0.269. The molecule has 1 aromatic rings. The highest BCUT2D eigenvalue weighted by Crippen LogP contribution is 2.49. The summed E-state index contributed by atoms with van der Waals surface area (Å²) in [7, 11) is 2.15. The molecule has 1 aliphatic heterocycles. The summed E-state index contributed by atoms with van der Waals surface area (Å²) in [5, 5.41) is 1.94. The Morgan fingerprint density at radius 1 is 1.38 bits per heavy atom. The summed E-state index contributed by atoms with van der Waals surface area (Å²) in [5.41, 5.74) is 10.9. The number of rotatable bonds is 6. The van der Waals surface area contributed by atoms with Crippen molar-refractivity contribution >= 4 is 29.9 Å². The zero-order chi connectivity index (χ0) is 20.9. The van der Waals surface area contributed by atoms with E-state index in [0.717, 1.165) is 48.7 Å². The van der Waals surface area contributed by atoms with Crippen LogP contribution in [-0.2, 0) is 0 Å². The first kappa shape index (κ1) is 21.3. The van der Waals surface area contributed by atoms with E-state index in [1.165, 1.54) is 23.3 Å². The Kier molecular flexibility index (Phi) is 6.87. The minimum Gasteiger partial charge on any atom is -0.404 e. The van der Waals surface area contributed by atoms with E-state index in [0.29, 0.717) is 0 Å².